The van der Waals surface area contributed by atoms with E-state index in [1.54, 1.807) is 11.8 Å². The topological polar surface area (TPSA) is 63.4 Å². The summed E-state index contributed by atoms with van der Waals surface area (Å²) < 4.78 is 62.7. The predicted molar refractivity (Wildman–Crippen MR) is 90.8 cm³/mol. The first-order chi connectivity index (χ1) is 11.1. The van der Waals surface area contributed by atoms with E-state index in [0.29, 0.717) is 24.0 Å². The van der Waals surface area contributed by atoms with Gasteiger partial charge in [0.25, 0.3) is 0 Å². The molecule has 136 valence electrons. The van der Waals surface area contributed by atoms with E-state index < -0.39 is 26.7 Å². The van der Waals surface area contributed by atoms with Gasteiger partial charge in [0.2, 0.25) is 10.0 Å². The molecule has 2 N–H and O–H groups in total. The number of nitrogens with zero attached hydrogens (tertiary/aromatic N) is 1. The van der Waals surface area contributed by atoms with Crippen molar-refractivity contribution in [1.82, 2.24) is 0 Å². The fourth-order valence-corrected chi connectivity index (χ4v) is 4.72. The van der Waals surface area contributed by atoms with Crippen LogP contribution in [0.15, 0.2) is 23.1 Å². The van der Waals surface area contributed by atoms with Crippen molar-refractivity contribution >= 4 is 27.5 Å². The van der Waals surface area contributed by atoms with Gasteiger partial charge < -0.3 is 4.90 Å². The number of halogens is 3. The SMILES string of the molecule is CCSC1CCCCN(c2ccc(S(N)(=O)=O)c(C(F)(F)F)c2)C1. The average Bonchev–Trinajstić information content (AvgIpc) is 2.71. The maximum absolute atomic E-state index is 13.3. The minimum atomic E-state index is -4.78. The van der Waals surface area contributed by atoms with Crippen molar-refractivity contribution < 1.29 is 21.6 Å². The predicted octanol–water partition coefficient (Wildman–Crippen LogP) is 3.46. The minimum absolute atomic E-state index is 0.366. The molecular formula is C15H21F3N2O2S2. The third-order valence-corrected chi connectivity index (χ3v) is 6.13. The molecule has 0 spiro atoms. The molecule has 1 heterocycles. The Bertz CT molecular complexity index is 678. The monoisotopic (exact) mass is 382 g/mol. The number of anilines is 1. The van der Waals surface area contributed by atoms with E-state index >= 15 is 0 Å². The highest BCUT2D eigenvalue weighted by Gasteiger charge is 2.37. The first-order valence-corrected chi connectivity index (χ1v) is 10.3. The van der Waals surface area contributed by atoms with Crippen LogP contribution in [0.4, 0.5) is 18.9 Å². The van der Waals surface area contributed by atoms with E-state index in [-0.39, 0.29) is 0 Å². The van der Waals surface area contributed by atoms with Gasteiger partial charge in [-0.1, -0.05) is 13.3 Å². The second-order valence-electron chi connectivity index (χ2n) is 5.74. The number of sulfonamides is 1. The molecule has 0 radical (unpaired) electrons. The molecule has 1 aliphatic rings. The number of hydrogen-bond acceptors (Lipinski definition) is 4. The fraction of sp³-hybridized carbons (Fsp3) is 0.600. The summed E-state index contributed by atoms with van der Waals surface area (Å²) in [7, 11) is -4.43. The summed E-state index contributed by atoms with van der Waals surface area (Å²) in [6.07, 6.45) is -1.80. The Morgan fingerprint density at radius 1 is 1.33 bits per heavy atom. The number of alkyl halides is 3. The van der Waals surface area contributed by atoms with Crippen molar-refractivity contribution in [1.29, 1.82) is 0 Å². The van der Waals surface area contributed by atoms with Gasteiger partial charge in [-0.3, -0.25) is 0 Å². The Morgan fingerprint density at radius 3 is 2.62 bits per heavy atom. The zero-order valence-corrected chi connectivity index (χ0v) is 15.0. The molecular weight excluding hydrogens is 361 g/mol. The van der Waals surface area contributed by atoms with Crippen LogP contribution in [0.1, 0.15) is 31.7 Å². The van der Waals surface area contributed by atoms with E-state index in [0.717, 1.165) is 37.1 Å². The first kappa shape index (κ1) is 19.4. The van der Waals surface area contributed by atoms with Crippen LogP contribution < -0.4 is 10.0 Å². The highest BCUT2D eigenvalue weighted by Crippen LogP contribution is 2.37. The largest absolute Gasteiger partial charge is 0.417 e. The molecule has 1 atom stereocenters. The minimum Gasteiger partial charge on any atom is -0.370 e. The maximum atomic E-state index is 13.3. The van der Waals surface area contributed by atoms with Gasteiger partial charge in [-0.15, -0.1) is 0 Å². The van der Waals surface area contributed by atoms with E-state index in [4.69, 9.17) is 5.14 Å². The lowest BCUT2D eigenvalue weighted by atomic mass is 10.1. The average molecular weight is 382 g/mol. The highest BCUT2D eigenvalue weighted by atomic mass is 32.2. The van der Waals surface area contributed by atoms with Crippen molar-refractivity contribution in [2.24, 2.45) is 5.14 Å². The van der Waals surface area contributed by atoms with E-state index in [1.165, 1.54) is 6.07 Å². The van der Waals surface area contributed by atoms with Crippen molar-refractivity contribution in [2.75, 3.05) is 23.7 Å². The summed E-state index contributed by atoms with van der Waals surface area (Å²) in [4.78, 5) is 1.02. The molecule has 1 unspecified atom stereocenters. The van der Waals surface area contributed by atoms with Gasteiger partial charge in [-0.05, 0) is 36.8 Å². The second kappa shape index (κ2) is 7.53. The van der Waals surface area contributed by atoms with E-state index in [1.807, 2.05) is 4.90 Å². The zero-order chi connectivity index (χ0) is 18.0. The molecule has 0 aliphatic carbocycles. The van der Waals surface area contributed by atoms with Gasteiger partial charge in [0.05, 0.1) is 10.5 Å². The number of primary sulfonamides is 1. The van der Waals surface area contributed by atoms with Crippen molar-refractivity contribution in [3.8, 4) is 0 Å². The number of nitrogens with two attached hydrogens (primary N) is 1. The Balaban J connectivity index is 2.40. The number of rotatable bonds is 4. The highest BCUT2D eigenvalue weighted by molar-refractivity contribution is 7.99. The van der Waals surface area contributed by atoms with Gasteiger partial charge in [-0.2, -0.15) is 24.9 Å². The van der Waals surface area contributed by atoms with Gasteiger partial charge in [0.15, 0.2) is 0 Å². The third kappa shape index (κ3) is 4.80. The van der Waals surface area contributed by atoms with Crippen LogP contribution in [0.5, 0.6) is 0 Å². The van der Waals surface area contributed by atoms with E-state index in [2.05, 4.69) is 6.92 Å². The zero-order valence-electron chi connectivity index (χ0n) is 13.3. The lowest BCUT2D eigenvalue weighted by molar-refractivity contribution is -0.139. The quantitative estimate of drug-likeness (QED) is 0.866. The normalized spacial score (nSPS) is 20.0. The summed E-state index contributed by atoms with van der Waals surface area (Å²) >= 11 is 1.80. The molecule has 1 aromatic rings. The van der Waals surface area contributed by atoms with Crippen LogP contribution in [0.25, 0.3) is 0 Å². The molecule has 1 fully saturated rings. The second-order valence-corrected chi connectivity index (χ2v) is 8.85. The van der Waals surface area contributed by atoms with Crippen molar-refractivity contribution in [3.63, 3.8) is 0 Å². The van der Waals surface area contributed by atoms with E-state index in [9.17, 15) is 21.6 Å². The van der Waals surface area contributed by atoms with Crippen LogP contribution in [0.3, 0.4) is 0 Å². The van der Waals surface area contributed by atoms with Gasteiger partial charge in [-0.25, -0.2) is 13.6 Å². The van der Waals surface area contributed by atoms with Gasteiger partial charge in [0.1, 0.15) is 0 Å². The summed E-state index contributed by atoms with van der Waals surface area (Å²) in [6.45, 7) is 3.37. The molecule has 0 amide bonds. The number of thioether (sulfide) groups is 1. The van der Waals surface area contributed by atoms with Crippen LogP contribution in [-0.2, 0) is 16.2 Å². The molecule has 1 aromatic carbocycles. The molecule has 1 saturated heterocycles. The summed E-state index contributed by atoms with van der Waals surface area (Å²) in [5.74, 6) is 0.955. The lowest BCUT2D eigenvalue weighted by Gasteiger charge is -2.27. The Morgan fingerprint density at radius 2 is 2.04 bits per heavy atom. The van der Waals surface area contributed by atoms with Crippen LogP contribution >= 0.6 is 11.8 Å². The molecule has 4 nitrogen and oxygen atoms in total. The molecule has 0 aromatic heterocycles. The number of hydrogen-bond donors (Lipinski definition) is 1. The van der Waals surface area contributed by atoms with Gasteiger partial charge >= 0.3 is 6.18 Å². The summed E-state index contributed by atoms with van der Waals surface area (Å²) in [6, 6.07) is 3.27. The Kier molecular flexibility index (Phi) is 6.09. The van der Waals surface area contributed by atoms with Gasteiger partial charge in [0, 0.05) is 24.0 Å². The smallest absolute Gasteiger partial charge is 0.370 e. The molecule has 2 rings (SSSR count). The van der Waals surface area contributed by atoms with Crippen molar-refractivity contribution in [3.05, 3.63) is 23.8 Å². The Labute approximate surface area is 144 Å². The molecule has 9 heteroatoms. The first-order valence-electron chi connectivity index (χ1n) is 7.73. The molecule has 24 heavy (non-hydrogen) atoms. The molecule has 0 bridgehead atoms. The lowest BCUT2D eigenvalue weighted by Crippen LogP contribution is -2.30. The number of benzene rings is 1. The molecule has 1 aliphatic heterocycles. The van der Waals surface area contributed by atoms with Crippen LogP contribution in [-0.4, -0.2) is 32.5 Å². The summed E-state index contributed by atoms with van der Waals surface area (Å²) in [5, 5.41) is 5.29. The maximum Gasteiger partial charge on any atom is 0.417 e. The Hall–Kier alpha value is -0.930. The standard InChI is InChI=1S/C15H21F3N2O2S2/c1-2-23-12-5-3-4-8-20(10-12)11-6-7-14(24(19,21)22)13(9-11)15(16,17)18/h6-7,9,12H,2-5,8,10H2,1H3,(H2,19,21,22). The van der Waals surface area contributed by atoms with Crippen molar-refractivity contribution in [2.45, 2.75) is 42.5 Å². The summed E-state index contributed by atoms with van der Waals surface area (Å²) in [5.41, 5.74) is -0.815. The molecule has 0 saturated carbocycles. The third-order valence-electron chi connectivity index (χ3n) is 3.97. The van der Waals surface area contributed by atoms with Crippen LogP contribution in [0.2, 0.25) is 0 Å². The fourth-order valence-electron chi connectivity index (χ4n) is 2.89. The van der Waals surface area contributed by atoms with Crippen LogP contribution in [0, 0.1) is 0 Å².